The quantitative estimate of drug-likeness (QED) is 0.795. The van der Waals surface area contributed by atoms with Gasteiger partial charge in [-0.3, -0.25) is 0 Å². The molecule has 1 fully saturated rings. The third kappa shape index (κ3) is 4.95. The summed E-state index contributed by atoms with van der Waals surface area (Å²) in [7, 11) is -6.96. The Morgan fingerprint density at radius 1 is 1.00 bits per heavy atom. The van der Waals surface area contributed by atoms with E-state index in [-0.39, 0.29) is 17.4 Å². The van der Waals surface area contributed by atoms with E-state index in [9.17, 15) is 16.8 Å². The summed E-state index contributed by atoms with van der Waals surface area (Å²) in [4.78, 5) is 0.285. The molecule has 27 heavy (non-hydrogen) atoms. The van der Waals surface area contributed by atoms with Crippen LogP contribution in [0.5, 0.6) is 0 Å². The highest BCUT2D eigenvalue weighted by Gasteiger charge is 2.32. The molecule has 2 aromatic carbocycles. The highest BCUT2D eigenvalue weighted by atomic mass is 32.2. The SMILES string of the molecule is CS(=O)(=O)NCC1CCCN(S(=O)(=O)c2ccccc2-c2ccccc2)C1. The fraction of sp³-hybridized carbons (Fsp3) is 0.368. The smallest absolute Gasteiger partial charge is 0.215 e. The van der Waals surface area contributed by atoms with Crippen LogP contribution in [0.3, 0.4) is 0 Å². The Morgan fingerprint density at radius 2 is 1.67 bits per heavy atom. The molecule has 1 aliphatic heterocycles. The first-order valence-corrected chi connectivity index (χ1v) is 12.2. The van der Waals surface area contributed by atoms with Gasteiger partial charge in [0.15, 0.2) is 0 Å². The summed E-state index contributed by atoms with van der Waals surface area (Å²) >= 11 is 0. The van der Waals surface area contributed by atoms with Crippen molar-refractivity contribution >= 4 is 20.0 Å². The average molecular weight is 409 g/mol. The van der Waals surface area contributed by atoms with Crippen molar-refractivity contribution in [2.45, 2.75) is 17.7 Å². The molecule has 1 heterocycles. The first kappa shape index (κ1) is 20.0. The Hall–Kier alpha value is -1.74. The molecule has 1 unspecified atom stereocenters. The lowest BCUT2D eigenvalue weighted by atomic mass is 10.0. The second kappa shape index (κ2) is 8.10. The second-order valence-electron chi connectivity index (χ2n) is 6.85. The molecule has 146 valence electrons. The van der Waals surface area contributed by atoms with Crippen molar-refractivity contribution in [3.8, 4) is 11.1 Å². The Labute approximate surface area is 161 Å². The molecular weight excluding hydrogens is 384 g/mol. The molecule has 1 saturated heterocycles. The van der Waals surface area contributed by atoms with E-state index in [0.29, 0.717) is 25.1 Å². The minimum Gasteiger partial charge on any atom is -0.215 e. The van der Waals surface area contributed by atoms with Gasteiger partial charge in [0.05, 0.1) is 11.2 Å². The van der Waals surface area contributed by atoms with Crippen molar-refractivity contribution in [3.63, 3.8) is 0 Å². The maximum Gasteiger partial charge on any atom is 0.243 e. The Balaban J connectivity index is 1.87. The second-order valence-corrected chi connectivity index (χ2v) is 10.6. The first-order valence-electron chi connectivity index (χ1n) is 8.86. The van der Waals surface area contributed by atoms with Crippen LogP contribution in [0.25, 0.3) is 11.1 Å². The molecule has 0 bridgehead atoms. The molecule has 0 aliphatic carbocycles. The van der Waals surface area contributed by atoms with E-state index >= 15 is 0 Å². The van der Waals surface area contributed by atoms with Gasteiger partial charge < -0.3 is 0 Å². The number of nitrogens with one attached hydrogen (secondary N) is 1. The van der Waals surface area contributed by atoms with Crippen molar-refractivity contribution in [1.82, 2.24) is 9.03 Å². The van der Waals surface area contributed by atoms with Crippen molar-refractivity contribution < 1.29 is 16.8 Å². The van der Waals surface area contributed by atoms with Crippen LogP contribution in [0, 0.1) is 5.92 Å². The van der Waals surface area contributed by atoms with Gasteiger partial charge in [-0.2, -0.15) is 4.31 Å². The summed E-state index contributed by atoms with van der Waals surface area (Å²) in [6, 6.07) is 16.4. The predicted molar refractivity (Wildman–Crippen MR) is 106 cm³/mol. The lowest BCUT2D eigenvalue weighted by molar-refractivity contribution is 0.267. The van der Waals surface area contributed by atoms with Crippen molar-refractivity contribution in [3.05, 3.63) is 54.6 Å². The van der Waals surface area contributed by atoms with Gasteiger partial charge in [-0.05, 0) is 30.4 Å². The first-order chi connectivity index (χ1) is 12.8. The molecule has 1 N–H and O–H groups in total. The lowest BCUT2D eigenvalue weighted by Gasteiger charge is -2.32. The Morgan fingerprint density at radius 3 is 2.37 bits per heavy atom. The molecule has 1 aliphatic rings. The summed E-state index contributed by atoms with van der Waals surface area (Å²) in [5.74, 6) is -0.0351. The Bertz CT molecular complexity index is 989. The van der Waals surface area contributed by atoms with Gasteiger partial charge in [0.1, 0.15) is 0 Å². The maximum atomic E-state index is 13.3. The third-order valence-electron chi connectivity index (χ3n) is 4.71. The van der Waals surface area contributed by atoms with Gasteiger partial charge in [-0.25, -0.2) is 21.6 Å². The minimum atomic E-state index is -3.67. The molecule has 0 spiro atoms. The van der Waals surface area contributed by atoms with Gasteiger partial charge in [0, 0.05) is 25.2 Å². The summed E-state index contributed by atoms with van der Waals surface area (Å²) in [6.07, 6.45) is 2.62. The lowest BCUT2D eigenvalue weighted by Crippen LogP contribution is -2.43. The number of nitrogens with zero attached hydrogens (tertiary/aromatic N) is 1. The fourth-order valence-corrected chi connectivity index (χ4v) is 5.68. The van der Waals surface area contributed by atoms with Crippen LogP contribution in [-0.4, -0.2) is 47.0 Å². The molecular formula is C19H24N2O4S2. The standard InChI is InChI=1S/C19H24N2O4S2/c1-26(22,23)20-14-16-8-7-13-21(15-16)27(24,25)19-12-6-5-11-18(19)17-9-3-2-4-10-17/h2-6,9-12,16,20H,7-8,13-15H2,1H3. The summed E-state index contributed by atoms with van der Waals surface area (Å²) in [5.41, 5.74) is 1.53. The molecule has 6 nitrogen and oxygen atoms in total. The van der Waals surface area contributed by atoms with Crippen LogP contribution in [0.2, 0.25) is 0 Å². The molecule has 0 aromatic heterocycles. The van der Waals surface area contributed by atoms with E-state index in [4.69, 9.17) is 0 Å². The van der Waals surface area contributed by atoms with Crippen molar-refractivity contribution in [2.24, 2.45) is 5.92 Å². The highest BCUT2D eigenvalue weighted by Crippen LogP contribution is 2.31. The molecule has 0 saturated carbocycles. The normalized spacial score (nSPS) is 19.1. The Kier molecular flexibility index (Phi) is 6.00. The van der Waals surface area contributed by atoms with Crippen LogP contribution in [0.15, 0.2) is 59.5 Å². The van der Waals surface area contributed by atoms with Crippen LogP contribution >= 0.6 is 0 Å². The van der Waals surface area contributed by atoms with Gasteiger partial charge in [-0.15, -0.1) is 0 Å². The van der Waals surface area contributed by atoms with Gasteiger partial charge in [-0.1, -0.05) is 48.5 Å². The number of piperidine rings is 1. The van der Waals surface area contributed by atoms with E-state index in [2.05, 4.69) is 4.72 Å². The van der Waals surface area contributed by atoms with Gasteiger partial charge >= 0.3 is 0 Å². The predicted octanol–water partition coefficient (Wildman–Crippen LogP) is 2.30. The fourth-order valence-electron chi connectivity index (χ4n) is 3.37. The zero-order valence-corrected chi connectivity index (χ0v) is 16.8. The number of hydrogen-bond acceptors (Lipinski definition) is 4. The van der Waals surface area contributed by atoms with E-state index in [1.165, 1.54) is 4.31 Å². The summed E-state index contributed by atoms with van der Waals surface area (Å²) in [6.45, 7) is 1.01. The molecule has 8 heteroatoms. The monoisotopic (exact) mass is 408 g/mol. The van der Waals surface area contributed by atoms with Crippen LogP contribution < -0.4 is 4.72 Å². The molecule has 0 radical (unpaired) electrons. The highest BCUT2D eigenvalue weighted by molar-refractivity contribution is 7.89. The van der Waals surface area contributed by atoms with Crippen LogP contribution in [0.4, 0.5) is 0 Å². The molecule has 0 amide bonds. The van der Waals surface area contributed by atoms with E-state index in [1.54, 1.807) is 12.1 Å². The van der Waals surface area contributed by atoms with Gasteiger partial charge in [0.2, 0.25) is 20.0 Å². The van der Waals surface area contributed by atoms with Crippen LogP contribution in [0.1, 0.15) is 12.8 Å². The van der Waals surface area contributed by atoms with E-state index in [1.807, 2.05) is 42.5 Å². The molecule has 1 atom stereocenters. The van der Waals surface area contributed by atoms with E-state index in [0.717, 1.165) is 18.2 Å². The summed E-state index contributed by atoms with van der Waals surface area (Å²) < 4.78 is 53.3. The van der Waals surface area contributed by atoms with Gasteiger partial charge in [0.25, 0.3) is 0 Å². The largest absolute Gasteiger partial charge is 0.243 e. The number of hydrogen-bond donors (Lipinski definition) is 1. The maximum absolute atomic E-state index is 13.3. The van der Waals surface area contributed by atoms with E-state index < -0.39 is 20.0 Å². The summed E-state index contributed by atoms with van der Waals surface area (Å²) in [5, 5.41) is 0. The molecule has 2 aromatic rings. The number of benzene rings is 2. The zero-order valence-electron chi connectivity index (χ0n) is 15.2. The molecule has 3 rings (SSSR count). The van der Waals surface area contributed by atoms with Crippen LogP contribution in [-0.2, 0) is 20.0 Å². The van der Waals surface area contributed by atoms with Crippen molar-refractivity contribution in [2.75, 3.05) is 25.9 Å². The zero-order chi connectivity index (χ0) is 19.5. The third-order valence-corrected chi connectivity index (χ3v) is 7.32. The number of sulfonamides is 2. The average Bonchev–Trinajstić information content (AvgIpc) is 2.67. The number of rotatable bonds is 6. The van der Waals surface area contributed by atoms with Crippen molar-refractivity contribution in [1.29, 1.82) is 0 Å². The minimum absolute atomic E-state index is 0.0351. The topological polar surface area (TPSA) is 83.6 Å².